The van der Waals surface area contributed by atoms with Crippen molar-refractivity contribution in [1.82, 2.24) is 10.2 Å². The molecule has 3 nitrogen and oxygen atoms in total. The summed E-state index contributed by atoms with van der Waals surface area (Å²) in [4.78, 5) is 2.14. The second-order valence-corrected chi connectivity index (χ2v) is 4.51. The molecule has 2 aromatic rings. The Balaban J connectivity index is 2.09. The molecule has 84 valence electrons. The van der Waals surface area contributed by atoms with E-state index in [1.807, 2.05) is 18.2 Å². The van der Waals surface area contributed by atoms with Gasteiger partial charge in [0.05, 0.1) is 0 Å². The van der Waals surface area contributed by atoms with Gasteiger partial charge in [-0.15, -0.1) is 21.8 Å². The van der Waals surface area contributed by atoms with Crippen LogP contribution in [0, 0.1) is 0 Å². The number of nitrogens with zero attached hydrogens (tertiary/aromatic N) is 3. The fourth-order valence-corrected chi connectivity index (χ4v) is 2.24. The molecule has 1 aromatic heterocycles. The molecule has 5 heteroatoms. The zero-order valence-corrected chi connectivity index (χ0v) is 10.3. The molecule has 0 spiro atoms. The number of alkyl halides is 1. The zero-order valence-electron chi connectivity index (χ0n) is 8.71. The predicted octanol–water partition coefficient (Wildman–Crippen LogP) is 2.78. The van der Waals surface area contributed by atoms with Crippen LogP contribution in [0.1, 0.15) is 5.56 Å². The highest BCUT2D eigenvalue weighted by Crippen LogP contribution is 2.18. The molecule has 0 atom stereocenters. The van der Waals surface area contributed by atoms with Crippen molar-refractivity contribution in [2.75, 3.05) is 17.3 Å². The Morgan fingerprint density at radius 2 is 2.06 bits per heavy atom. The van der Waals surface area contributed by atoms with Crippen LogP contribution in [0.15, 0.2) is 35.8 Å². The third kappa shape index (κ3) is 2.93. The van der Waals surface area contributed by atoms with Gasteiger partial charge < -0.3 is 4.90 Å². The van der Waals surface area contributed by atoms with Crippen molar-refractivity contribution in [3.05, 3.63) is 41.4 Å². The number of halogens is 1. The molecule has 1 heterocycles. The summed E-state index contributed by atoms with van der Waals surface area (Å²) in [6.45, 7) is 1.61. The van der Waals surface area contributed by atoms with E-state index in [0.717, 1.165) is 18.2 Å². The summed E-state index contributed by atoms with van der Waals surface area (Å²) in [5, 5.41) is 8.84. The van der Waals surface area contributed by atoms with Gasteiger partial charge in [-0.2, -0.15) is 0 Å². The maximum atomic E-state index is 5.79. The average Bonchev–Trinajstić information content (AvgIpc) is 2.83. The number of benzene rings is 1. The summed E-state index contributed by atoms with van der Waals surface area (Å²) >= 11 is 7.33. The summed E-state index contributed by atoms with van der Waals surface area (Å²) in [5.74, 6) is 0.590. The van der Waals surface area contributed by atoms with Gasteiger partial charge in [-0.1, -0.05) is 41.7 Å². The standard InChI is InChI=1S/C11H12ClN3S/c12-6-7-15(11-14-13-9-16-11)8-10-4-2-1-3-5-10/h1-5,9H,6-8H2. The summed E-state index contributed by atoms with van der Waals surface area (Å²) in [6, 6.07) is 10.3. The van der Waals surface area contributed by atoms with Crippen molar-refractivity contribution in [3.8, 4) is 0 Å². The highest BCUT2D eigenvalue weighted by Gasteiger charge is 2.09. The van der Waals surface area contributed by atoms with E-state index in [9.17, 15) is 0 Å². The summed E-state index contributed by atoms with van der Waals surface area (Å²) in [5.41, 5.74) is 2.99. The van der Waals surface area contributed by atoms with Crippen molar-refractivity contribution in [2.24, 2.45) is 0 Å². The lowest BCUT2D eigenvalue weighted by atomic mass is 10.2. The van der Waals surface area contributed by atoms with Gasteiger partial charge >= 0.3 is 0 Å². The number of rotatable bonds is 5. The number of anilines is 1. The molecule has 0 saturated heterocycles. The van der Waals surface area contributed by atoms with E-state index in [4.69, 9.17) is 11.6 Å². The fourth-order valence-electron chi connectivity index (χ4n) is 1.45. The molecule has 0 aliphatic carbocycles. The highest BCUT2D eigenvalue weighted by atomic mass is 35.5. The minimum atomic E-state index is 0.590. The molecule has 0 radical (unpaired) electrons. The van der Waals surface area contributed by atoms with Crippen LogP contribution in [0.25, 0.3) is 0 Å². The van der Waals surface area contributed by atoms with Crippen LogP contribution in [0.5, 0.6) is 0 Å². The van der Waals surface area contributed by atoms with Crippen LogP contribution in [0.3, 0.4) is 0 Å². The number of aromatic nitrogens is 2. The molecule has 0 aliphatic heterocycles. The Labute approximate surface area is 104 Å². The van der Waals surface area contributed by atoms with Gasteiger partial charge in [0, 0.05) is 19.0 Å². The van der Waals surface area contributed by atoms with Crippen LogP contribution >= 0.6 is 22.9 Å². The van der Waals surface area contributed by atoms with E-state index in [1.54, 1.807) is 5.51 Å². The minimum Gasteiger partial charge on any atom is -0.341 e. The van der Waals surface area contributed by atoms with E-state index in [0.29, 0.717) is 5.88 Å². The molecule has 0 unspecified atom stereocenters. The van der Waals surface area contributed by atoms with Crippen LogP contribution in [0.2, 0.25) is 0 Å². The zero-order chi connectivity index (χ0) is 11.2. The van der Waals surface area contributed by atoms with Gasteiger partial charge in [-0.3, -0.25) is 0 Å². The molecule has 0 fully saturated rings. The van der Waals surface area contributed by atoms with Crippen molar-refractivity contribution >= 4 is 28.1 Å². The Hall–Kier alpha value is -1.13. The Morgan fingerprint density at radius 3 is 2.69 bits per heavy atom. The second-order valence-electron chi connectivity index (χ2n) is 3.32. The number of hydrogen-bond donors (Lipinski definition) is 0. The quantitative estimate of drug-likeness (QED) is 0.768. The molecule has 0 aliphatic rings. The third-order valence-corrected chi connectivity index (χ3v) is 3.11. The van der Waals surface area contributed by atoms with Crippen molar-refractivity contribution < 1.29 is 0 Å². The second kappa shape index (κ2) is 5.82. The molecular formula is C11H12ClN3S. The van der Waals surface area contributed by atoms with Gasteiger partial charge in [0.1, 0.15) is 5.51 Å². The predicted molar refractivity (Wildman–Crippen MR) is 68.1 cm³/mol. The summed E-state index contributed by atoms with van der Waals surface area (Å²) in [6.07, 6.45) is 0. The maximum absolute atomic E-state index is 5.79. The maximum Gasteiger partial charge on any atom is 0.208 e. The van der Waals surface area contributed by atoms with Crippen LogP contribution in [-0.2, 0) is 6.54 Å². The first-order valence-electron chi connectivity index (χ1n) is 5.01. The number of hydrogen-bond acceptors (Lipinski definition) is 4. The van der Waals surface area contributed by atoms with Gasteiger partial charge in [0.25, 0.3) is 0 Å². The largest absolute Gasteiger partial charge is 0.341 e. The smallest absolute Gasteiger partial charge is 0.208 e. The molecular weight excluding hydrogens is 242 g/mol. The third-order valence-electron chi connectivity index (χ3n) is 2.19. The Bertz CT molecular complexity index is 404. The summed E-state index contributed by atoms with van der Waals surface area (Å²) in [7, 11) is 0. The summed E-state index contributed by atoms with van der Waals surface area (Å²) < 4.78 is 0. The molecule has 16 heavy (non-hydrogen) atoms. The van der Waals surface area contributed by atoms with E-state index >= 15 is 0 Å². The first kappa shape index (κ1) is 11.4. The molecule has 0 saturated carbocycles. The normalized spacial score (nSPS) is 10.3. The van der Waals surface area contributed by atoms with Gasteiger partial charge in [0.2, 0.25) is 5.13 Å². The Kier molecular flexibility index (Phi) is 4.13. The van der Waals surface area contributed by atoms with Crippen LogP contribution in [-0.4, -0.2) is 22.6 Å². The molecule has 0 N–H and O–H groups in total. The van der Waals surface area contributed by atoms with Crippen LogP contribution < -0.4 is 4.90 Å². The lowest BCUT2D eigenvalue weighted by molar-refractivity contribution is 0.818. The average molecular weight is 254 g/mol. The topological polar surface area (TPSA) is 29.0 Å². The monoisotopic (exact) mass is 253 g/mol. The van der Waals surface area contributed by atoms with E-state index in [-0.39, 0.29) is 0 Å². The fraction of sp³-hybridized carbons (Fsp3) is 0.273. The lowest BCUT2D eigenvalue weighted by Crippen LogP contribution is -2.24. The molecule has 0 amide bonds. The van der Waals surface area contributed by atoms with Crippen molar-refractivity contribution in [1.29, 1.82) is 0 Å². The van der Waals surface area contributed by atoms with E-state index in [1.165, 1.54) is 16.9 Å². The SMILES string of the molecule is ClCCN(Cc1ccccc1)c1nncs1. The lowest BCUT2D eigenvalue weighted by Gasteiger charge is -2.19. The molecule has 1 aromatic carbocycles. The van der Waals surface area contributed by atoms with Gasteiger partial charge in [-0.05, 0) is 5.56 Å². The molecule has 0 bridgehead atoms. The van der Waals surface area contributed by atoms with Crippen LogP contribution in [0.4, 0.5) is 5.13 Å². The van der Waals surface area contributed by atoms with Gasteiger partial charge in [0.15, 0.2) is 0 Å². The van der Waals surface area contributed by atoms with E-state index < -0.39 is 0 Å². The Morgan fingerprint density at radius 1 is 1.25 bits per heavy atom. The highest BCUT2D eigenvalue weighted by molar-refractivity contribution is 7.13. The molecule has 2 rings (SSSR count). The van der Waals surface area contributed by atoms with Crippen molar-refractivity contribution in [3.63, 3.8) is 0 Å². The minimum absolute atomic E-state index is 0.590. The van der Waals surface area contributed by atoms with E-state index in [2.05, 4.69) is 27.2 Å². The van der Waals surface area contributed by atoms with Gasteiger partial charge in [-0.25, -0.2) is 0 Å². The first-order valence-corrected chi connectivity index (χ1v) is 6.42. The van der Waals surface area contributed by atoms with Crippen molar-refractivity contribution in [2.45, 2.75) is 6.54 Å². The first-order chi connectivity index (χ1) is 7.90.